The van der Waals surface area contributed by atoms with Crippen LogP contribution in [0.1, 0.15) is 27.7 Å². The van der Waals surface area contributed by atoms with Gasteiger partial charge in [0.05, 0.1) is 6.26 Å². The first kappa shape index (κ1) is 14.6. The molecule has 1 aromatic heterocycles. The third kappa shape index (κ3) is 3.28. The average Bonchev–Trinajstić information content (AvgIpc) is 3.08. The first-order chi connectivity index (χ1) is 10.7. The number of carbonyl (C=O) groups is 1. The maximum absolute atomic E-state index is 12.5. The van der Waals surface area contributed by atoms with Crippen LogP contribution in [0.2, 0.25) is 0 Å². The number of hydrogen-bond acceptors (Lipinski definition) is 2. The number of hydrogen-bond donors (Lipinski definition) is 1. The molecule has 3 nitrogen and oxygen atoms in total. The van der Waals surface area contributed by atoms with E-state index in [1.54, 1.807) is 18.4 Å². The largest absolute Gasteiger partial charge is 0.467 e. The summed E-state index contributed by atoms with van der Waals surface area (Å²) >= 11 is 3.37. The van der Waals surface area contributed by atoms with Crippen LogP contribution < -0.4 is 5.32 Å². The number of rotatable bonds is 4. The third-order valence-corrected chi connectivity index (χ3v) is 3.87. The molecule has 0 saturated heterocycles. The van der Waals surface area contributed by atoms with Gasteiger partial charge in [0.15, 0.2) is 0 Å². The zero-order valence-corrected chi connectivity index (χ0v) is 13.3. The van der Waals surface area contributed by atoms with E-state index < -0.39 is 0 Å². The Labute approximate surface area is 137 Å². The Bertz CT molecular complexity index is 737. The molecule has 0 fully saturated rings. The highest BCUT2D eigenvalue weighted by Gasteiger charge is 2.19. The Balaban J connectivity index is 1.87. The van der Waals surface area contributed by atoms with Gasteiger partial charge in [-0.25, -0.2) is 0 Å². The lowest BCUT2D eigenvalue weighted by molar-refractivity contribution is 0.0939. The molecular formula is C18H14BrNO2. The van der Waals surface area contributed by atoms with Crippen LogP contribution in [0.5, 0.6) is 0 Å². The van der Waals surface area contributed by atoms with E-state index in [0.717, 1.165) is 10.0 Å². The fourth-order valence-electron chi connectivity index (χ4n) is 2.24. The molecule has 0 radical (unpaired) electrons. The third-order valence-electron chi connectivity index (χ3n) is 3.34. The van der Waals surface area contributed by atoms with E-state index >= 15 is 0 Å². The lowest BCUT2D eigenvalue weighted by Crippen LogP contribution is -2.29. The van der Waals surface area contributed by atoms with Crippen LogP contribution in [0, 0.1) is 0 Å². The SMILES string of the molecule is O=C(N[C@@H](c1ccccc1)c1ccco1)c1ccc(Br)cc1. The van der Waals surface area contributed by atoms with Gasteiger partial charge in [0, 0.05) is 10.0 Å². The zero-order valence-electron chi connectivity index (χ0n) is 11.7. The van der Waals surface area contributed by atoms with Crippen molar-refractivity contribution in [1.29, 1.82) is 0 Å². The van der Waals surface area contributed by atoms with E-state index in [0.29, 0.717) is 11.3 Å². The molecule has 0 aliphatic carbocycles. The van der Waals surface area contributed by atoms with Crippen molar-refractivity contribution in [3.8, 4) is 0 Å². The van der Waals surface area contributed by atoms with Crippen molar-refractivity contribution in [3.63, 3.8) is 0 Å². The monoisotopic (exact) mass is 355 g/mol. The highest BCUT2D eigenvalue weighted by atomic mass is 79.9. The number of furan rings is 1. The molecule has 1 atom stereocenters. The molecule has 22 heavy (non-hydrogen) atoms. The first-order valence-electron chi connectivity index (χ1n) is 6.89. The van der Waals surface area contributed by atoms with Crippen molar-refractivity contribution < 1.29 is 9.21 Å². The number of nitrogens with one attached hydrogen (secondary N) is 1. The fraction of sp³-hybridized carbons (Fsp3) is 0.0556. The van der Waals surface area contributed by atoms with Crippen molar-refractivity contribution in [2.75, 3.05) is 0 Å². The van der Waals surface area contributed by atoms with Crippen LogP contribution in [-0.2, 0) is 0 Å². The van der Waals surface area contributed by atoms with Crippen LogP contribution >= 0.6 is 15.9 Å². The molecule has 0 unspecified atom stereocenters. The lowest BCUT2D eigenvalue weighted by atomic mass is 10.0. The first-order valence-corrected chi connectivity index (χ1v) is 7.68. The van der Waals surface area contributed by atoms with Crippen molar-refractivity contribution in [1.82, 2.24) is 5.32 Å². The Morgan fingerprint density at radius 1 is 0.955 bits per heavy atom. The van der Waals surface area contributed by atoms with Gasteiger partial charge in [-0.15, -0.1) is 0 Å². The van der Waals surface area contributed by atoms with Crippen LogP contribution in [0.4, 0.5) is 0 Å². The molecule has 1 N–H and O–H groups in total. The van der Waals surface area contributed by atoms with Crippen LogP contribution in [0.25, 0.3) is 0 Å². The molecule has 4 heteroatoms. The molecule has 1 amide bonds. The van der Waals surface area contributed by atoms with E-state index in [4.69, 9.17) is 4.42 Å². The topological polar surface area (TPSA) is 42.2 Å². The maximum Gasteiger partial charge on any atom is 0.252 e. The van der Waals surface area contributed by atoms with Gasteiger partial charge in [-0.1, -0.05) is 46.3 Å². The van der Waals surface area contributed by atoms with Gasteiger partial charge in [-0.2, -0.15) is 0 Å². The van der Waals surface area contributed by atoms with E-state index in [1.165, 1.54) is 0 Å². The van der Waals surface area contributed by atoms with Crippen LogP contribution in [0.15, 0.2) is 81.9 Å². The Morgan fingerprint density at radius 2 is 1.68 bits per heavy atom. The molecule has 110 valence electrons. The molecule has 0 bridgehead atoms. The number of carbonyl (C=O) groups excluding carboxylic acids is 1. The predicted molar refractivity (Wildman–Crippen MR) is 88.6 cm³/mol. The second kappa shape index (κ2) is 6.62. The van der Waals surface area contributed by atoms with Gasteiger partial charge in [0.1, 0.15) is 11.8 Å². The summed E-state index contributed by atoms with van der Waals surface area (Å²) in [6.45, 7) is 0. The fourth-order valence-corrected chi connectivity index (χ4v) is 2.50. The van der Waals surface area contributed by atoms with Gasteiger partial charge in [0.25, 0.3) is 5.91 Å². The Hall–Kier alpha value is -2.33. The number of benzene rings is 2. The highest BCUT2D eigenvalue weighted by molar-refractivity contribution is 9.10. The summed E-state index contributed by atoms with van der Waals surface area (Å²) in [6, 6.07) is 20.4. The van der Waals surface area contributed by atoms with E-state index in [-0.39, 0.29) is 11.9 Å². The highest BCUT2D eigenvalue weighted by Crippen LogP contribution is 2.23. The smallest absolute Gasteiger partial charge is 0.252 e. The molecule has 3 rings (SSSR count). The zero-order chi connectivity index (χ0) is 15.4. The maximum atomic E-state index is 12.5. The normalized spacial score (nSPS) is 11.9. The lowest BCUT2D eigenvalue weighted by Gasteiger charge is -2.17. The molecule has 0 saturated carbocycles. The summed E-state index contributed by atoms with van der Waals surface area (Å²) in [5, 5.41) is 3.02. The Morgan fingerprint density at radius 3 is 2.32 bits per heavy atom. The van der Waals surface area contributed by atoms with Crippen molar-refractivity contribution in [2.24, 2.45) is 0 Å². The van der Waals surface area contributed by atoms with Gasteiger partial charge in [0.2, 0.25) is 0 Å². The summed E-state index contributed by atoms with van der Waals surface area (Å²) in [5.41, 5.74) is 1.58. The van der Waals surface area contributed by atoms with Gasteiger partial charge in [-0.3, -0.25) is 4.79 Å². The van der Waals surface area contributed by atoms with Gasteiger partial charge in [-0.05, 0) is 42.0 Å². The molecule has 2 aromatic carbocycles. The molecule has 0 spiro atoms. The standard InChI is InChI=1S/C18H14BrNO2/c19-15-10-8-14(9-11-15)18(21)20-17(16-7-4-12-22-16)13-5-2-1-3-6-13/h1-12,17H,(H,20,21)/t17-/m0/s1. The molecule has 1 heterocycles. The average molecular weight is 356 g/mol. The van der Waals surface area contributed by atoms with E-state index in [9.17, 15) is 4.79 Å². The Kier molecular flexibility index (Phi) is 4.39. The predicted octanol–water partition coefficient (Wildman–Crippen LogP) is 4.56. The summed E-state index contributed by atoms with van der Waals surface area (Å²) in [5.74, 6) is 0.564. The van der Waals surface area contributed by atoms with E-state index in [1.807, 2.05) is 54.6 Å². The van der Waals surface area contributed by atoms with Crippen molar-refractivity contribution in [3.05, 3.63) is 94.4 Å². The number of halogens is 1. The van der Waals surface area contributed by atoms with Gasteiger partial charge >= 0.3 is 0 Å². The van der Waals surface area contributed by atoms with Gasteiger partial charge < -0.3 is 9.73 Å². The molecule has 3 aromatic rings. The molecule has 0 aliphatic rings. The summed E-state index contributed by atoms with van der Waals surface area (Å²) in [4.78, 5) is 12.5. The molecule has 0 aliphatic heterocycles. The number of amides is 1. The van der Waals surface area contributed by atoms with Crippen LogP contribution in [0.3, 0.4) is 0 Å². The minimum absolute atomic E-state index is 0.141. The summed E-state index contributed by atoms with van der Waals surface area (Å²) in [6.07, 6.45) is 1.61. The summed E-state index contributed by atoms with van der Waals surface area (Å²) in [7, 11) is 0. The molecular weight excluding hydrogens is 342 g/mol. The van der Waals surface area contributed by atoms with Crippen LogP contribution in [-0.4, -0.2) is 5.91 Å². The summed E-state index contributed by atoms with van der Waals surface area (Å²) < 4.78 is 6.42. The van der Waals surface area contributed by atoms with Crippen molar-refractivity contribution >= 4 is 21.8 Å². The second-order valence-electron chi connectivity index (χ2n) is 4.84. The minimum Gasteiger partial charge on any atom is -0.467 e. The quantitative estimate of drug-likeness (QED) is 0.745. The van der Waals surface area contributed by atoms with E-state index in [2.05, 4.69) is 21.2 Å². The minimum atomic E-state index is -0.313. The van der Waals surface area contributed by atoms with Crippen molar-refractivity contribution in [2.45, 2.75) is 6.04 Å². The second-order valence-corrected chi connectivity index (χ2v) is 5.76.